The van der Waals surface area contributed by atoms with E-state index in [9.17, 15) is 9.59 Å². The third kappa shape index (κ3) is 7.63. The monoisotopic (exact) mass is 478 g/mol. The predicted molar refractivity (Wildman–Crippen MR) is 136 cm³/mol. The van der Waals surface area contributed by atoms with Gasteiger partial charge in [0, 0.05) is 24.0 Å². The molecule has 1 N–H and O–H groups in total. The van der Waals surface area contributed by atoms with Gasteiger partial charge in [-0.2, -0.15) is 0 Å². The van der Waals surface area contributed by atoms with Crippen LogP contribution in [-0.4, -0.2) is 35.4 Å². The van der Waals surface area contributed by atoms with Gasteiger partial charge in [0.25, 0.3) is 5.91 Å². The van der Waals surface area contributed by atoms with Crippen LogP contribution in [0.15, 0.2) is 84.9 Å². The van der Waals surface area contributed by atoms with Gasteiger partial charge in [-0.25, -0.2) is 0 Å². The largest absolute Gasteiger partial charge is 0.484 e. The highest BCUT2D eigenvalue weighted by molar-refractivity contribution is 6.30. The van der Waals surface area contributed by atoms with Gasteiger partial charge >= 0.3 is 0 Å². The van der Waals surface area contributed by atoms with Crippen molar-refractivity contribution in [2.45, 2.75) is 45.3 Å². The summed E-state index contributed by atoms with van der Waals surface area (Å²) in [6.45, 7) is 4.07. The lowest BCUT2D eigenvalue weighted by atomic mass is 10.0. The van der Waals surface area contributed by atoms with Crippen LogP contribution < -0.4 is 10.1 Å². The number of ether oxygens (including phenoxy) is 1. The summed E-state index contributed by atoms with van der Waals surface area (Å²) in [6, 6.07) is 25.5. The summed E-state index contributed by atoms with van der Waals surface area (Å²) < 4.78 is 5.74. The Kier molecular flexibility index (Phi) is 9.53. The number of para-hydroxylation sites is 1. The molecule has 6 heteroatoms. The quantitative estimate of drug-likeness (QED) is 0.408. The number of nitrogens with one attached hydrogen (secondary N) is 1. The number of nitrogens with zero attached hydrogens (tertiary/aromatic N) is 1. The fourth-order valence-electron chi connectivity index (χ4n) is 3.53. The molecular weight excluding hydrogens is 448 g/mol. The standard InChI is InChI=1S/C28H31ClN2O3/c1-3-21(2)30-28(33)26(18-22-10-6-4-7-11-22)31(19-23-14-16-24(29)17-15-23)27(32)20-34-25-12-8-5-9-13-25/h4-17,21,26H,3,18-20H2,1-2H3,(H,30,33)/t21-,26-/m1/s1. The van der Waals surface area contributed by atoms with Crippen molar-refractivity contribution in [1.29, 1.82) is 0 Å². The lowest BCUT2D eigenvalue weighted by Gasteiger charge is -2.32. The highest BCUT2D eigenvalue weighted by Crippen LogP contribution is 2.18. The van der Waals surface area contributed by atoms with Crippen LogP contribution >= 0.6 is 11.6 Å². The van der Waals surface area contributed by atoms with Crippen molar-refractivity contribution in [2.24, 2.45) is 0 Å². The SMILES string of the molecule is CC[C@@H](C)NC(=O)[C@@H](Cc1ccccc1)N(Cc1ccc(Cl)cc1)C(=O)COc1ccccc1. The van der Waals surface area contributed by atoms with Crippen molar-refractivity contribution >= 4 is 23.4 Å². The van der Waals surface area contributed by atoms with Crippen LogP contribution in [0.1, 0.15) is 31.4 Å². The molecule has 2 amide bonds. The second-order valence-electron chi connectivity index (χ2n) is 8.27. The summed E-state index contributed by atoms with van der Waals surface area (Å²) in [5.74, 6) is 0.158. The van der Waals surface area contributed by atoms with E-state index in [1.165, 1.54) is 0 Å². The fraction of sp³-hybridized carbons (Fsp3) is 0.286. The summed E-state index contributed by atoms with van der Waals surface area (Å²) in [5, 5.41) is 3.67. The first-order valence-electron chi connectivity index (χ1n) is 11.5. The molecule has 2 atom stereocenters. The lowest BCUT2D eigenvalue weighted by Crippen LogP contribution is -2.53. The number of halogens is 1. The van der Waals surface area contributed by atoms with Gasteiger partial charge in [-0.3, -0.25) is 9.59 Å². The number of benzene rings is 3. The number of carbonyl (C=O) groups excluding carboxylic acids is 2. The van der Waals surface area contributed by atoms with Crippen molar-refractivity contribution in [3.8, 4) is 5.75 Å². The van der Waals surface area contributed by atoms with E-state index in [1.54, 1.807) is 29.2 Å². The molecule has 0 aromatic heterocycles. The van der Waals surface area contributed by atoms with Crippen LogP contribution in [0.5, 0.6) is 5.75 Å². The maximum absolute atomic E-state index is 13.5. The molecule has 0 unspecified atom stereocenters. The van der Waals surface area contributed by atoms with Crippen LogP contribution in [-0.2, 0) is 22.6 Å². The minimum absolute atomic E-state index is 0.00109. The smallest absolute Gasteiger partial charge is 0.261 e. The van der Waals surface area contributed by atoms with Crippen molar-refractivity contribution < 1.29 is 14.3 Å². The van der Waals surface area contributed by atoms with E-state index in [0.29, 0.717) is 17.2 Å². The number of rotatable bonds is 11. The molecule has 3 aromatic carbocycles. The second kappa shape index (κ2) is 12.8. The molecule has 0 radical (unpaired) electrons. The molecule has 0 saturated carbocycles. The zero-order valence-electron chi connectivity index (χ0n) is 19.6. The summed E-state index contributed by atoms with van der Waals surface area (Å²) in [4.78, 5) is 28.5. The van der Waals surface area contributed by atoms with Crippen LogP contribution in [0.4, 0.5) is 0 Å². The zero-order chi connectivity index (χ0) is 24.3. The van der Waals surface area contributed by atoms with Crippen LogP contribution in [0.2, 0.25) is 5.02 Å². The molecule has 178 valence electrons. The van der Waals surface area contributed by atoms with Crippen molar-refractivity contribution in [1.82, 2.24) is 10.2 Å². The van der Waals surface area contributed by atoms with Gasteiger partial charge in [0.05, 0.1) is 0 Å². The molecular formula is C28H31ClN2O3. The van der Waals surface area contributed by atoms with E-state index in [2.05, 4.69) is 5.32 Å². The van der Waals surface area contributed by atoms with Crippen LogP contribution in [0.25, 0.3) is 0 Å². The molecule has 0 saturated heterocycles. The van der Waals surface area contributed by atoms with Crippen LogP contribution in [0, 0.1) is 0 Å². The predicted octanol–water partition coefficient (Wildman–Crippen LogP) is 5.27. The normalized spacial score (nSPS) is 12.4. The first-order chi connectivity index (χ1) is 16.5. The Labute approximate surface area is 206 Å². The molecule has 3 rings (SSSR count). The van der Waals surface area contributed by atoms with Crippen molar-refractivity contribution in [3.63, 3.8) is 0 Å². The second-order valence-corrected chi connectivity index (χ2v) is 8.71. The van der Waals surface area contributed by atoms with Crippen LogP contribution in [0.3, 0.4) is 0 Å². The molecule has 34 heavy (non-hydrogen) atoms. The Morgan fingerprint density at radius 3 is 2.15 bits per heavy atom. The van der Waals surface area contributed by atoms with Gasteiger partial charge < -0.3 is 15.0 Å². The zero-order valence-corrected chi connectivity index (χ0v) is 20.4. The van der Waals surface area contributed by atoms with E-state index in [1.807, 2.05) is 74.5 Å². The van der Waals surface area contributed by atoms with Gasteiger partial charge in [0.15, 0.2) is 6.61 Å². The molecule has 5 nitrogen and oxygen atoms in total. The molecule has 0 spiro atoms. The van der Waals surface area contributed by atoms with E-state index < -0.39 is 6.04 Å². The summed E-state index contributed by atoms with van der Waals surface area (Å²) in [7, 11) is 0. The van der Waals surface area contributed by atoms with E-state index in [0.717, 1.165) is 17.5 Å². The van der Waals surface area contributed by atoms with Gasteiger partial charge in [-0.05, 0) is 48.7 Å². The summed E-state index contributed by atoms with van der Waals surface area (Å²) in [6.07, 6.45) is 1.19. The Balaban J connectivity index is 1.90. The topological polar surface area (TPSA) is 58.6 Å². The highest BCUT2D eigenvalue weighted by atomic mass is 35.5. The maximum Gasteiger partial charge on any atom is 0.261 e. The third-order valence-electron chi connectivity index (χ3n) is 5.64. The number of amides is 2. The van der Waals surface area contributed by atoms with Gasteiger partial charge in [-0.15, -0.1) is 0 Å². The van der Waals surface area contributed by atoms with Crippen molar-refractivity contribution in [3.05, 3.63) is 101 Å². The average Bonchev–Trinajstić information content (AvgIpc) is 2.87. The molecule has 3 aromatic rings. The minimum Gasteiger partial charge on any atom is -0.484 e. The number of hydrogen-bond donors (Lipinski definition) is 1. The molecule has 0 aliphatic heterocycles. The molecule has 0 aliphatic carbocycles. The number of carbonyl (C=O) groups is 2. The first kappa shape index (κ1) is 25.3. The Morgan fingerprint density at radius 1 is 0.912 bits per heavy atom. The minimum atomic E-state index is -0.695. The summed E-state index contributed by atoms with van der Waals surface area (Å²) in [5.41, 5.74) is 1.86. The van der Waals surface area contributed by atoms with Crippen molar-refractivity contribution in [2.75, 3.05) is 6.61 Å². The fourth-order valence-corrected chi connectivity index (χ4v) is 3.65. The number of hydrogen-bond acceptors (Lipinski definition) is 3. The van der Waals surface area contributed by atoms with Gasteiger partial charge in [0.2, 0.25) is 5.91 Å². The third-order valence-corrected chi connectivity index (χ3v) is 5.90. The van der Waals surface area contributed by atoms with E-state index in [4.69, 9.17) is 16.3 Å². The first-order valence-corrected chi connectivity index (χ1v) is 11.9. The molecule has 0 aliphatic rings. The Hall–Kier alpha value is -3.31. The molecule has 0 bridgehead atoms. The van der Waals surface area contributed by atoms with Gasteiger partial charge in [0.1, 0.15) is 11.8 Å². The average molecular weight is 479 g/mol. The van der Waals surface area contributed by atoms with E-state index >= 15 is 0 Å². The molecule has 0 heterocycles. The lowest BCUT2D eigenvalue weighted by molar-refractivity contribution is -0.143. The summed E-state index contributed by atoms with van der Waals surface area (Å²) >= 11 is 6.06. The maximum atomic E-state index is 13.5. The van der Waals surface area contributed by atoms with Gasteiger partial charge in [-0.1, -0.05) is 79.2 Å². The highest BCUT2D eigenvalue weighted by Gasteiger charge is 2.31. The molecule has 0 fully saturated rings. The van der Waals surface area contributed by atoms with E-state index in [-0.39, 0.29) is 31.0 Å². The Bertz CT molecular complexity index is 1040. The Morgan fingerprint density at radius 2 is 1.53 bits per heavy atom.